The molecule has 28 heavy (non-hydrogen) atoms. The molecule has 2 aromatic carbocycles. The highest BCUT2D eigenvalue weighted by atomic mass is 19.4. The molecular weight excluding hydrogens is 369 g/mol. The van der Waals surface area contributed by atoms with Gasteiger partial charge in [0.25, 0.3) is 0 Å². The molecule has 0 aliphatic heterocycles. The molecule has 3 rings (SSSR count). The Morgan fingerprint density at radius 1 is 1.00 bits per heavy atom. The Bertz CT molecular complexity index is 899. The summed E-state index contributed by atoms with van der Waals surface area (Å²) < 4.78 is 49.1. The monoisotopic (exact) mass is 390 g/mol. The summed E-state index contributed by atoms with van der Waals surface area (Å²) in [5, 5.41) is 7.05. The number of alkyl halides is 3. The minimum absolute atomic E-state index is 0.355. The van der Waals surface area contributed by atoms with E-state index >= 15 is 0 Å². The predicted molar refractivity (Wildman–Crippen MR) is 98.7 cm³/mol. The molecule has 0 saturated carbocycles. The molecule has 7 heteroatoms. The first-order valence-corrected chi connectivity index (χ1v) is 8.83. The summed E-state index contributed by atoms with van der Waals surface area (Å²) in [7, 11) is 0. The van der Waals surface area contributed by atoms with Gasteiger partial charge in [-0.1, -0.05) is 35.5 Å². The summed E-state index contributed by atoms with van der Waals surface area (Å²) in [6, 6.07) is 12.9. The molecule has 0 aliphatic carbocycles. The first kappa shape index (κ1) is 19.9. The van der Waals surface area contributed by atoms with E-state index in [0.717, 1.165) is 34.4 Å². The number of hydrogen-bond donors (Lipinski definition) is 1. The van der Waals surface area contributed by atoms with Crippen LogP contribution in [0.25, 0.3) is 0 Å². The van der Waals surface area contributed by atoms with Crippen molar-refractivity contribution in [2.75, 3.05) is 0 Å². The standard InChI is InChI=1S/C21H21F3N2O2/c1-14-20(15(2)28-26-14)13-27-19-8-6-16(7-9-19)11-25-12-17-4-3-5-18(10-17)21(22,23)24/h3-10,25H,11-13H2,1-2H3. The van der Waals surface area contributed by atoms with Crippen molar-refractivity contribution in [1.29, 1.82) is 0 Å². The maximum atomic E-state index is 12.7. The topological polar surface area (TPSA) is 47.3 Å². The smallest absolute Gasteiger partial charge is 0.416 e. The van der Waals surface area contributed by atoms with Crippen molar-refractivity contribution in [3.05, 3.63) is 82.2 Å². The van der Waals surface area contributed by atoms with E-state index < -0.39 is 11.7 Å². The van der Waals surface area contributed by atoms with E-state index in [1.54, 1.807) is 6.07 Å². The molecule has 148 valence electrons. The molecule has 3 aromatic rings. The summed E-state index contributed by atoms with van der Waals surface area (Å²) in [6.07, 6.45) is -4.32. The van der Waals surface area contributed by atoms with Crippen LogP contribution in [-0.2, 0) is 25.9 Å². The molecule has 1 heterocycles. The van der Waals surface area contributed by atoms with Crippen LogP contribution in [0, 0.1) is 13.8 Å². The van der Waals surface area contributed by atoms with Crippen LogP contribution in [0.4, 0.5) is 13.2 Å². The lowest BCUT2D eigenvalue weighted by Gasteiger charge is -2.10. The molecule has 0 aliphatic rings. The molecule has 0 fully saturated rings. The van der Waals surface area contributed by atoms with Crippen LogP contribution in [-0.4, -0.2) is 5.16 Å². The van der Waals surface area contributed by atoms with Crippen molar-refractivity contribution >= 4 is 0 Å². The first-order chi connectivity index (χ1) is 13.3. The second-order valence-electron chi connectivity index (χ2n) is 6.54. The third-order valence-electron chi connectivity index (χ3n) is 4.40. The van der Waals surface area contributed by atoms with Gasteiger partial charge in [-0.2, -0.15) is 13.2 Å². The maximum absolute atomic E-state index is 12.7. The fourth-order valence-electron chi connectivity index (χ4n) is 2.78. The normalized spacial score (nSPS) is 11.6. The van der Waals surface area contributed by atoms with Gasteiger partial charge in [0.05, 0.1) is 16.8 Å². The molecular formula is C21H21F3N2O2. The number of nitrogens with one attached hydrogen (secondary N) is 1. The molecule has 1 N–H and O–H groups in total. The van der Waals surface area contributed by atoms with Gasteiger partial charge in [-0.25, -0.2) is 0 Å². The first-order valence-electron chi connectivity index (χ1n) is 8.83. The van der Waals surface area contributed by atoms with E-state index in [4.69, 9.17) is 9.26 Å². The number of aryl methyl sites for hydroxylation is 2. The summed E-state index contributed by atoms with van der Waals surface area (Å²) in [6.45, 7) is 5.00. The SMILES string of the molecule is Cc1noc(C)c1COc1ccc(CNCc2cccc(C(F)(F)F)c2)cc1. The Hall–Kier alpha value is -2.80. The zero-order valence-electron chi connectivity index (χ0n) is 15.6. The molecule has 0 amide bonds. The Morgan fingerprint density at radius 2 is 1.71 bits per heavy atom. The average molecular weight is 390 g/mol. The minimum Gasteiger partial charge on any atom is -0.489 e. The van der Waals surface area contributed by atoms with Crippen molar-refractivity contribution < 1.29 is 22.4 Å². The van der Waals surface area contributed by atoms with E-state index in [0.29, 0.717) is 25.3 Å². The second-order valence-corrected chi connectivity index (χ2v) is 6.54. The lowest BCUT2D eigenvalue weighted by molar-refractivity contribution is -0.137. The number of rotatable bonds is 7. The Labute approximate surface area is 161 Å². The van der Waals surface area contributed by atoms with Crippen LogP contribution in [0.5, 0.6) is 5.75 Å². The van der Waals surface area contributed by atoms with Crippen molar-refractivity contribution in [2.24, 2.45) is 0 Å². The van der Waals surface area contributed by atoms with E-state index in [1.165, 1.54) is 12.1 Å². The largest absolute Gasteiger partial charge is 0.489 e. The number of benzene rings is 2. The molecule has 0 spiro atoms. The van der Waals surface area contributed by atoms with Crippen molar-refractivity contribution in [2.45, 2.75) is 39.7 Å². The van der Waals surface area contributed by atoms with E-state index in [-0.39, 0.29) is 0 Å². The molecule has 0 atom stereocenters. The van der Waals surface area contributed by atoms with Gasteiger partial charge in [0.2, 0.25) is 0 Å². The average Bonchev–Trinajstić information content (AvgIpc) is 2.98. The van der Waals surface area contributed by atoms with Crippen LogP contribution >= 0.6 is 0 Å². The molecule has 4 nitrogen and oxygen atoms in total. The maximum Gasteiger partial charge on any atom is 0.416 e. The molecule has 0 bridgehead atoms. The predicted octanol–water partition coefficient (Wildman–Crippen LogP) is 5.18. The number of halogens is 3. The fourth-order valence-corrected chi connectivity index (χ4v) is 2.78. The number of nitrogens with zero attached hydrogens (tertiary/aromatic N) is 1. The highest BCUT2D eigenvalue weighted by Gasteiger charge is 2.30. The highest BCUT2D eigenvalue weighted by molar-refractivity contribution is 5.29. The van der Waals surface area contributed by atoms with Gasteiger partial charge in [-0.05, 0) is 43.2 Å². The van der Waals surface area contributed by atoms with Crippen LogP contribution in [0.2, 0.25) is 0 Å². The van der Waals surface area contributed by atoms with Crippen LogP contribution in [0.1, 0.15) is 33.7 Å². The summed E-state index contributed by atoms with van der Waals surface area (Å²) >= 11 is 0. The highest BCUT2D eigenvalue weighted by Crippen LogP contribution is 2.29. The zero-order chi connectivity index (χ0) is 20.1. The minimum atomic E-state index is -4.32. The van der Waals surface area contributed by atoms with E-state index in [1.807, 2.05) is 38.1 Å². The third kappa shape index (κ3) is 5.13. The van der Waals surface area contributed by atoms with E-state index in [2.05, 4.69) is 10.5 Å². The Balaban J connectivity index is 1.50. The third-order valence-corrected chi connectivity index (χ3v) is 4.40. The van der Waals surface area contributed by atoms with Gasteiger partial charge in [0.15, 0.2) is 0 Å². The summed E-state index contributed by atoms with van der Waals surface area (Å²) in [5.74, 6) is 1.47. The number of hydrogen-bond acceptors (Lipinski definition) is 4. The van der Waals surface area contributed by atoms with E-state index in [9.17, 15) is 13.2 Å². The van der Waals surface area contributed by atoms with Gasteiger partial charge in [0, 0.05) is 13.1 Å². The fraction of sp³-hybridized carbons (Fsp3) is 0.286. The summed E-state index contributed by atoms with van der Waals surface area (Å²) in [4.78, 5) is 0. The van der Waals surface area contributed by atoms with Gasteiger partial charge in [0.1, 0.15) is 18.1 Å². The Kier molecular flexibility index (Phi) is 6.04. The number of aromatic nitrogens is 1. The van der Waals surface area contributed by atoms with Crippen LogP contribution < -0.4 is 10.1 Å². The van der Waals surface area contributed by atoms with Gasteiger partial charge in [-0.15, -0.1) is 0 Å². The van der Waals surface area contributed by atoms with Gasteiger partial charge < -0.3 is 14.6 Å². The van der Waals surface area contributed by atoms with Gasteiger partial charge >= 0.3 is 6.18 Å². The van der Waals surface area contributed by atoms with Crippen molar-refractivity contribution in [1.82, 2.24) is 10.5 Å². The molecule has 1 aromatic heterocycles. The zero-order valence-corrected chi connectivity index (χ0v) is 15.6. The van der Waals surface area contributed by atoms with Crippen molar-refractivity contribution in [3.63, 3.8) is 0 Å². The second kappa shape index (κ2) is 8.48. The van der Waals surface area contributed by atoms with Crippen LogP contribution in [0.15, 0.2) is 53.1 Å². The van der Waals surface area contributed by atoms with Crippen LogP contribution in [0.3, 0.4) is 0 Å². The lowest BCUT2D eigenvalue weighted by atomic mass is 10.1. The number of ether oxygens (including phenoxy) is 1. The summed E-state index contributed by atoms with van der Waals surface area (Å²) in [5.41, 5.74) is 2.72. The lowest BCUT2D eigenvalue weighted by Crippen LogP contribution is -2.13. The molecule has 0 saturated heterocycles. The van der Waals surface area contributed by atoms with Crippen molar-refractivity contribution in [3.8, 4) is 5.75 Å². The molecule has 0 radical (unpaired) electrons. The Morgan fingerprint density at radius 3 is 2.36 bits per heavy atom. The van der Waals surface area contributed by atoms with Gasteiger partial charge in [-0.3, -0.25) is 0 Å². The quantitative estimate of drug-likeness (QED) is 0.604. The molecule has 0 unspecified atom stereocenters.